The predicted molar refractivity (Wildman–Crippen MR) is 111 cm³/mol. The molecule has 2 amide bonds. The fourth-order valence-corrected chi connectivity index (χ4v) is 3.58. The number of nitrogens with zero attached hydrogens (tertiary/aromatic N) is 1. The van der Waals surface area contributed by atoms with Gasteiger partial charge in [-0.25, -0.2) is 0 Å². The van der Waals surface area contributed by atoms with Crippen molar-refractivity contribution >= 4 is 17.5 Å². The largest absolute Gasteiger partial charge is 0.348 e. The fraction of sp³-hybridized carbons (Fsp3) is 0.167. The van der Waals surface area contributed by atoms with Crippen molar-refractivity contribution in [3.8, 4) is 0 Å². The molecule has 0 fully saturated rings. The van der Waals surface area contributed by atoms with Gasteiger partial charge in [0, 0.05) is 29.9 Å². The second-order valence-corrected chi connectivity index (χ2v) is 7.09. The summed E-state index contributed by atoms with van der Waals surface area (Å²) in [5.74, 6) is -0.0510. The van der Waals surface area contributed by atoms with Crippen LogP contribution >= 0.6 is 0 Å². The van der Waals surface area contributed by atoms with Crippen LogP contribution in [0.2, 0.25) is 0 Å². The number of anilines is 1. The standard InChI is InChI=1S/C24H22N2O2/c1-17-6-5-9-21(14-17)23(27)25-16-18-10-11-22-20(15-18)12-13-26(22)24(28)19-7-3-2-4-8-19/h2-11,14-15H,12-13,16H2,1H3,(H,25,27). The quantitative estimate of drug-likeness (QED) is 0.751. The Kier molecular flexibility index (Phi) is 4.94. The number of fused-ring (bicyclic) bond motifs is 1. The third kappa shape index (κ3) is 3.67. The first kappa shape index (κ1) is 18.0. The van der Waals surface area contributed by atoms with Crippen molar-refractivity contribution in [1.29, 1.82) is 0 Å². The zero-order chi connectivity index (χ0) is 19.5. The van der Waals surface area contributed by atoms with Gasteiger partial charge >= 0.3 is 0 Å². The maximum Gasteiger partial charge on any atom is 0.258 e. The molecule has 4 nitrogen and oxygen atoms in total. The lowest BCUT2D eigenvalue weighted by molar-refractivity contribution is 0.0949. The Morgan fingerprint density at radius 2 is 1.71 bits per heavy atom. The molecule has 0 radical (unpaired) electrons. The van der Waals surface area contributed by atoms with Crippen molar-refractivity contribution < 1.29 is 9.59 Å². The summed E-state index contributed by atoms with van der Waals surface area (Å²) in [7, 11) is 0. The average molecular weight is 370 g/mol. The molecule has 1 aliphatic rings. The molecule has 0 bridgehead atoms. The Hall–Kier alpha value is -3.40. The zero-order valence-corrected chi connectivity index (χ0v) is 15.8. The Labute approximate surface area is 164 Å². The normalized spacial score (nSPS) is 12.5. The summed E-state index contributed by atoms with van der Waals surface area (Å²) in [5.41, 5.74) is 5.57. The molecule has 3 aromatic rings. The summed E-state index contributed by atoms with van der Waals surface area (Å²) >= 11 is 0. The minimum atomic E-state index is -0.0786. The minimum Gasteiger partial charge on any atom is -0.348 e. The maximum absolute atomic E-state index is 12.8. The molecule has 1 N–H and O–H groups in total. The SMILES string of the molecule is Cc1cccc(C(=O)NCc2ccc3c(c2)CCN3C(=O)c2ccccc2)c1. The molecule has 3 aromatic carbocycles. The molecular weight excluding hydrogens is 348 g/mol. The molecule has 4 rings (SSSR count). The molecular formula is C24H22N2O2. The van der Waals surface area contributed by atoms with Crippen molar-refractivity contribution in [3.63, 3.8) is 0 Å². The zero-order valence-electron chi connectivity index (χ0n) is 15.8. The number of amides is 2. The van der Waals surface area contributed by atoms with Crippen LogP contribution in [-0.4, -0.2) is 18.4 Å². The summed E-state index contributed by atoms with van der Waals surface area (Å²) in [6, 6.07) is 23.0. The van der Waals surface area contributed by atoms with Crippen LogP contribution in [0.5, 0.6) is 0 Å². The van der Waals surface area contributed by atoms with Gasteiger partial charge in [0.15, 0.2) is 0 Å². The highest BCUT2D eigenvalue weighted by Crippen LogP contribution is 2.30. The van der Waals surface area contributed by atoms with E-state index in [4.69, 9.17) is 0 Å². The van der Waals surface area contributed by atoms with Crippen LogP contribution in [0.4, 0.5) is 5.69 Å². The molecule has 0 aromatic heterocycles. The lowest BCUT2D eigenvalue weighted by atomic mass is 10.1. The van der Waals surface area contributed by atoms with Gasteiger partial charge in [-0.05, 0) is 54.8 Å². The monoisotopic (exact) mass is 370 g/mol. The van der Waals surface area contributed by atoms with E-state index in [0.717, 1.165) is 28.8 Å². The fourth-order valence-electron chi connectivity index (χ4n) is 3.58. The molecule has 4 heteroatoms. The third-order valence-corrected chi connectivity index (χ3v) is 5.04. The summed E-state index contributed by atoms with van der Waals surface area (Å²) in [6.07, 6.45) is 0.827. The van der Waals surface area contributed by atoms with E-state index in [2.05, 4.69) is 11.4 Å². The topological polar surface area (TPSA) is 49.4 Å². The third-order valence-electron chi connectivity index (χ3n) is 5.04. The minimum absolute atomic E-state index is 0.0276. The Morgan fingerprint density at radius 1 is 0.929 bits per heavy atom. The van der Waals surface area contributed by atoms with Gasteiger partial charge in [-0.1, -0.05) is 48.0 Å². The molecule has 1 aliphatic heterocycles. The van der Waals surface area contributed by atoms with Crippen molar-refractivity contribution in [2.75, 3.05) is 11.4 Å². The highest BCUT2D eigenvalue weighted by atomic mass is 16.2. The van der Waals surface area contributed by atoms with Crippen molar-refractivity contribution in [2.24, 2.45) is 0 Å². The lowest BCUT2D eigenvalue weighted by Crippen LogP contribution is -2.28. The Morgan fingerprint density at radius 3 is 2.50 bits per heavy atom. The number of hydrogen-bond acceptors (Lipinski definition) is 2. The molecule has 0 spiro atoms. The number of nitrogens with one attached hydrogen (secondary N) is 1. The lowest BCUT2D eigenvalue weighted by Gasteiger charge is -2.17. The van der Waals surface area contributed by atoms with E-state index in [-0.39, 0.29) is 11.8 Å². The van der Waals surface area contributed by atoms with Crippen molar-refractivity contribution in [3.05, 3.63) is 101 Å². The molecule has 1 heterocycles. The van der Waals surface area contributed by atoms with E-state index in [0.29, 0.717) is 24.2 Å². The molecule has 0 unspecified atom stereocenters. The van der Waals surface area contributed by atoms with Crippen molar-refractivity contribution in [2.45, 2.75) is 19.9 Å². The number of carbonyl (C=O) groups is 2. The summed E-state index contributed by atoms with van der Waals surface area (Å²) in [6.45, 7) is 3.12. The van der Waals surface area contributed by atoms with Gasteiger partial charge in [-0.15, -0.1) is 0 Å². The first-order valence-electron chi connectivity index (χ1n) is 9.45. The van der Waals surface area contributed by atoms with E-state index in [1.54, 1.807) is 0 Å². The van der Waals surface area contributed by atoms with Gasteiger partial charge in [-0.3, -0.25) is 9.59 Å². The average Bonchev–Trinajstić information content (AvgIpc) is 3.15. The molecule has 0 atom stereocenters. The van der Waals surface area contributed by atoms with Gasteiger partial charge in [0.2, 0.25) is 0 Å². The van der Waals surface area contributed by atoms with Crippen LogP contribution < -0.4 is 10.2 Å². The van der Waals surface area contributed by atoms with Crippen molar-refractivity contribution in [1.82, 2.24) is 5.32 Å². The Balaban J connectivity index is 1.45. The van der Waals surface area contributed by atoms with Crippen LogP contribution in [0, 0.1) is 6.92 Å². The van der Waals surface area contributed by atoms with Crippen LogP contribution in [0.3, 0.4) is 0 Å². The molecule has 0 aliphatic carbocycles. The van der Waals surface area contributed by atoms with E-state index in [9.17, 15) is 9.59 Å². The maximum atomic E-state index is 12.8. The van der Waals surface area contributed by atoms with Crippen LogP contribution in [-0.2, 0) is 13.0 Å². The van der Waals surface area contributed by atoms with Gasteiger partial charge in [0.25, 0.3) is 11.8 Å². The number of aryl methyl sites for hydroxylation is 1. The van der Waals surface area contributed by atoms with Crippen LogP contribution in [0.15, 0.2) is 72.8 Å². The number of benzene rings is 3. The second kappa shape index (κ2) is 7.69. The van der Waals surface area contributed by atoms with Gasteiger partial charge in [0.1, 0.15) is 0 Å². The van der Waals surface area contributed by atoms with E-state index >= 15 is 0 Å². The highest BCUT2D eigenvalue weighted by molar-refractivity contribution is 6.07. The van der Waals surface area contributed by atoms with Crippen LogP contribution in [0.25, 0.3) is 0 Å². The second-order valence-electron chi connectivity index (χ2n) is 7.09. The van der Waals surface area contributed by atoms with E-state index < -0.39 is 0 Å². The smallest absolute Gasteiger partial charge is 0.258 e. The number of hydrogen-bond donors (Lipinski definition) is 1. The van der Waals surface area contributed by atoms with E-state index in [1.165, 1.54) is 0 Å². The molecule has 0 saturated heterocycles. The van der Waals surface area contributed by atoms with Gasteiger partial charge < -0.3 is 10.2 Å². The Bertz CT molecular complexity index is 1030. The first-order chi connectivity index (χ1) is 13.6. The first-order valence-corrected chi connectivity index (χ1v) is 9.45. The van der Waals surface area contributed by atoms with Gasteiger partial charge in [0.05, 0.1) is 0 Å². The predicted octanol–water partition coefficient (Wildman–Crippen LogP) is 4.13. The summed E-state index contributed by atoms with van der Waals surface area (Å²) < 4.78 is 0. The summed E-state index contributed by atoms with van der Waals surface area (Å²) in [5, 5.41) is 2.97. The molecule has 0 saturated carbocycles. The molecule has 140 valence electrons. The number of rotatable bonds is 4. The number of carbonyl (C=O) groups excluding carboxylic acids is 2. The van der Waals surface area contributed by atoms with Crippen LogP contribution in [0.1, 0.15) is 37.4 Å². The molecule has 28 heavy (non-hydrogen) atoms. The summed E-state index contributed by atoms with van der Waals surface area (Å²) in [4.78, 5) is 26.9. The highest BCUT2D eigenvalue weighted by Gasteiger charge is 2.25. The van der Waals surface area contributed by atoms with E-state index in [1.807, 2.05) is 78.6 Å². The van der Waals surface area contributed by atoms with Gasteiger partial charge in [-0.2, -0.15) is 0 Å².